The van der Waals surface area contributed by atoms with Gasteiger partial charge in [0.15, 0.2) is 5.11 Å². The van der Waals surface area contributed by atoms with Crippen molar-refractivity contribution in [1.29, 1.82) is 0 Å². The van der Waals surface area contributed by atoms with Gasteiger partial charge in [0, 0.05) is 15.2 Å². The molecular formula is C21H17BrClN3OS. The molecule has 0 radical (unpaired) electrons. The largest absolute Gasteiger partial charge is 0.457 e. The summed E-state index contributed by atoms with van der Waals surface area (Å²) in [7, 11) is 0. The van der Waals surface area contributed by atoms with Crippen molar-refractivity contribution in [2.24, 2.45) is 5.10 Å². The number of nitrogens with one attached hydrogen (secondary N) is 2. The molecule has 28 heavy (non-hydrogen) atoms. The van der Waals surface area contributed by atoms with Crippen LogP contribution in [0.15, 0.2) is 76.3 Å². The zero-order valence-corrected chi connectivity index (χ0v) is 18.1. The van der Waals surface area contributed by atoms with Gasteiger partial charge in [-0.2, -0.15) is 5.10 Å². The molecule has 0 aliphatic carbocycles. The standard InChI is InChI=1S/C21H17BrClN3OS/c1-14-12-19(10-11-20(14)23)27-18-8-2-15(3-9-18)13-24-26-21(28)25-17-6-4-16(22)5-7-17/h2-13H,1H3,(H2,25,26,28)/b24-13+. The Kier molecular flexibility index (Phi) is 7.03. The number of nitrogens with zero attached hydrogens (tertiary/aromatic N) is 1. The van der Waals surface area contributed by atoms with Gasteiger partial charge in [-0.05, 0) is 97.0 Å². The maximum absolute atomic E-state index is 6.04. The summed E-state index contributed by atoms with van der Waals surface area (Å²) in [6, 6.07) is 20.9. The normalized spacial score (nSPS) is 10.7. The smallest absolute Gasteiger partial charge is 0.191 e. The van der Waals surface area contributed by atoms with Crippen molar-refractivity contribution >= 4 is 56.8 Å². The molecule has 0 unspecified atom stereocenters. The number of aryl methyl sites for hydroxylation is 1. The third-order valence-electron chi connectivity index (χ3n) is 3.73. The molecule has 0 aliphatic rings. The van der Waals surface area contributed by atoms with Crippen molar-refractivity contribution in [3.63, 3.8) is 0 Å². The summed E-state index contributed by atoms with van der Waals surface area (Å²) in [6.07, 6.45) is 1.69. The summed E-state index contributed by atoms with van der Waals surface area (Å²) in [5.41, 5.74) is 5.57. The van der Waals surface area contributed by atoms with Gasteiger partial charge in [0.2, 0.25) is 0 Å². The third-order valence-corrected chi connectivity index (χ3v) is 4.87. The Morgan fingerprint density at radius 2 is 1.71 bits per heavy atom. The van der Waals surface area contributed by atoms with Crippen molar-refractivity contribution in [1.82, 2.24) is 5.43 Å². The van der Waals surface area contributed by atoms with Crippen LogP contribution in [-0.2, 0) is 0 Å². The quantitative estimate of drug-likeness (QED) is 0.251. The number of thiocarbonyl (C=S) groups is 1. The van der Waals surface area contributed by atoms with Crippen molar-refractivity contribution in [3.05, 3.63) is 87.4 Å². The van der Waals surface area contributed by atoms with Crippen LogP contribution in [-0.4, -0.2) is 11.3 Å². The summed E-state index contributed by atoms with van der Waals surface area (Å²) < 4.78 is 6.84. The molecule has 0 heterocycles. The Labute approximate surface area is 182 Å². The fraction of sp³-hybridized carbons (Fsp3) is 0.0476. The molecule has 0 saturated heterocycles. The molecule has 0 aliphatic heterocycles. The highest BCUT2D eigenvalue weighted by Crippen LogP contribution is 2.26. The minimum Gasteiger partial charge on any atom is -0.457 e. The minimum atomic E-state index is 0.414. The van der Waals surface area contributed by atoms with Crippen LogP contribution in [0.25, 0.3) is 0 Å². The topological polar surface area (TPSA) is 45.6 Å². The van der Waals surface area contributed by atoms with Gasteiger partial charge in [0.05, 0.1) is 6.21 Å². The second-order valence-electron chi connectivity index (χ2n) is 5.91. The van der Waals surface area contributed by atoms with Crippen molar-refractivity contribution in [2.75, 3.05) is 5.32 Å². The average molecular weight is 475 g/mol. The van der Waals surface area contributed by atoms with E-state index in [1.807, 2.05) is 73.7 Å². The van der Waals surface area contributed by atoms with E-state index in [9.17, 15) is 0 Å². The molecule has 0 fully saturated rings. The predicted molar refractivity (Wildman–Crippen MR) is 124 cm³/mol. The van der Waals surface area contributed by atoms with Crippen LogP contribution in [0.3, 0.4) is 0 Å². The van der Waals surface area contributed by atoms with Gasteiger partial charge in [-0.15, -0.1) is 0 Å². The zero-order valence-electron chi connectivity index (χ0n) is 14.9. The minimum absolute atomic E-state index is 0.414. The summed E-state index contributed by atoms with van der Waals surface area (Å²) in [5, 5.41) is 8.34. The highest BCUT2D eigenvalue weighted by Gasteiger charge is 2.01. The van der Waals surface area contributed by atoms with Crippen LogP contribution >= 0.6 is 39.7 Å². The highest BCUT2D eigenvalue weighted by molar-refractivity contribution is 9.10. The van der Waals surface area contributed by atoms with Crippen LogP contribution in [0.5, 0.6) is 11.5 Å². The first-order valence-corrected chi connectivity index (χ1v) is 9.97. The summed E-state index contributed by atoms with van der Waals surface area (Å²) in [6.45, 7) is 1.94. The fourth-order valence-corrected chi connectivity index (χ4v) is 2.85. The Morgan fingerprint density at radius 3 is 2.39 bits per heavy atom. The van der Waals surface area contributed by atoms with Crippen LogP contribution < -0.4 is 15.5 Å². The Bertz CT molecular complexity index is 992. The maximum atomic E-state index is 6.04. The number of anilines is 1. The molecule has 0 spiro atoms. The first-order valence-electron chi connectivity index (χ1n) is 8.39. The van der Waals surface area contributed by atoms with Crippen LogP contribution in [0, 0.1) is 6.92 Å². The van der Waals surface area contributed by atoms with E-state index >= 15 is 0 Å². The molecule has 3 aromatic rings. The molecule has 0 atom stereocenters. The highest BCUT2D eigenvalue weighted by atomic mass is 79.9. The lowest BCUT2D eigenvalue weighted by molar-refractivity contribution is 0.482. The van der Waals surface area contributed by atoms with E-state index in [1.165, 1.54) is 0 Å². The van der Waals surface area contributed by atoms with E-state index in [4.69, 9.17) is 28.6 Å². The lowest BCUT2D eigenvalue weighted by Crippen LogP contribution is -2.23. The molecule has 3 aromatic carbocycles. The number of halogens is 2. The number of benzene rings is 3. The van der Waals surface area contributed by atoms with Crippen molar-refractivity contribution in [2.45, 2.75) is 6.92 Å². The molecule has 0 amide bonds. The van der Waals surface area contributed by atoms with Crippen LogP contribution in [0.4, 0.5) is 5.69 Å². The van der Waals surface area contributed by atoms with Crippen LogP contribution in [0.2, 0.25) is 5.02 Å². The second-order valence-corrected chi connectivity index (χ2v) is 7.64. The van der Waals surface area contributed by atoms with Gasteiger partial charge in [-0.25, -0.2) is 0 Å². The van der Waals surface area contributed by atoms with E-state index in [-0.39, 0.29) is 0 Å². The Morgan fingerprint density at radius 1 is 1.04 bits per heavy atom. The number of rotatable bonds is 5. The van der Waals surface area contributed by atoms with Gasteiger partial charge in [0.1, 0.15) is 11.5 Å². The molecular weight excluding hydrogens is 458 g/mol. The molecule has 4 nitrogen and oxygen atoms in total. The predicted octanol–water partition coefficient (Wildman–Crippen LogP) is 6.52. The zero-order chi connectivity index (χ0) is 19.9. The Hall–Kier alpha value is -2.41. The number of hydrogen-bond donors (Lipinski definition) is 2. The van der Waals surface area contributed by atoms with Crippen LogP contribution in [0.1, 0.15) is 11.1 Å². The van der Waals surface area contributed by atoms with Gasteiger partial charge < -0.3 is 10.1 Å². The molecule has 7 heteroatoms. The summed E-state index contributed by atoms with van der Waals surface area (Å²) in [5.74, 6) is 1.48. The van der Waals surface area contributed by atoms with Gasteiger partial charge >= 0.3 is 0 Å². The molecule has 0 bridgehead atoms. The van der Waals surface area contributed by atoms with E-state index in [0.717, 1.165) is 37.8 Å². The molecule has 0 saturated carbocycles. The van der Waals surface area contributed by atoms with Gasteiger partial charge in [-0.1, -0.05) is 27.5 Å². The molecule has 142 valence electrons. The molecule has 0 aromatic heterocycles. The number of hydrogen-bond acceptors (Lipinski definition) is 3. The fourth-order valence-electron chi connectivity index (χ4n) is 2.30. The average Bonchev–Trinajstić information content (AvgIpc) is 2.68. The SMILES string of the molecule is Cc1cc(Oc2ccc(/C=N/NC(=S)Nc3ccc(Br)cc3)cc2)ccc1Cl. The van der Waals surface area contributed by atoms with E-state index < -0.39 is 0 Å². The first kappa shape index (κ1) is 20.3. The molecule has 3 rings (SSSR count). The van der Waals surface area contributed by atoms with Gasteiger partial charge in [-0.3, -0.25) is 5.43 Å². The Balaban J connectivity index is 1.52. The van der Waals surface area contributed by atoms with Crippen molar-refractivity contribution < 1.29 is 4.74 Å². The number of ether oxygens (including phenoxy) is 1. The summed E-state index contributed by atoms with van der Waals surface area (Å²) in [4.78, 5) is 0. The second kappa shape index (κ2) is 9.68. The van der Waals surface area contributed by atoms with E-state index in [1.54, 1.807) is 6.21 Å². The lowest BCUT2D eigenvalue weighted by Gasteiger charge is -2.08. The first-order chi connectivity index (χ1) is 13.5. The van der Waals surface area contributed by atoms with E-state index in [0.29, 0.717) is 5.11 Å². The summed E-state index contributed by atoms with van der Waals surface area (Å²) >= 11 is 14.7. The molecule has 2 N–H and O–H groups in total. The van der Waals surface area contributed by atoms with Crippen molar-refractivity contribution in [3.8, 4) is 11.5 Å². The third kappa shape index (κ3) is 6.05. The lowest BCUT2D eigenvalue weighted by atomic mass is 10.2. The van der Waals surface area contributed by atoms with E-state index in [2.05, 4.69) is 31.8 Å². The monoisotopic (exact) mass is 473 g/mol. The van der Waals surface area contributed by atoms with Gasteiger partial charge in [0.25, 0.3) is 0 Å². The number of hydrazone groups is 1. The maximum Gasteiger partial charge on any atom is 0.191 e.